The van der Waals surface area contributed by atoms with Crippen molar-refractivity contribution in [3.8, 4) is 66.8 Å². The van der Waals surface area contributed by atoms with E-state index in [1.165, 1.54) is 0 Å². The minimum absolute atomic E-state index is 0.340. The van der Waals surface area contributed by atoms with Gasteiger partial charge in [-0.25, -0.2) is 8.78 Å². The van der Waals surface area contributed by atoms with E-state index in [1.54, 1.807) is 0 Å². The van der Waals surface area contributed by atoms with E-state index in [1.807, 2.05) is 181 Å². The number of nitrogens with zero attached hydrogens (tertiary/aromatic N) is 2. The lowest BCUT2D eigenvalue weighted by atomic mass is 9.94. The molecule has 1 heterocycles. The Morgan fingerprint density at radius 3 is 1.22 bits per heavy atom. The van der Waals surface area contributed by atoms with Crippen molar-refractivity contribution in [3.05, 3.63) is 327 Å². The molecule has 0 fully saturated rings. The van der Waals surface area contributed by atoms with Crippen LogP contribution in [0.3, 0.4) is 0 Å². The molecule has 14 aromatic carbocycles. The van der Waals surface area contributed by atoms with Gasteiger partial charge in [0.05, 0.1) is 22.7 Å². The number of para-hydroxylation sites is 1. The van der Waals surface area contributed by atoms with Crippen LogP contribution in [-0.2, 0) is 0 Å². The van der Waals surface area contributed by atoms with Crippen molar-refractivity contribution in [1.29, 1.82) is 0 Å². The molecule has 0 saturated carbocycles. The van der Waals surface area contributed by atoms with Gasteiger partial charge in [0.15, 0.2) is 11.6 Å². The zero-order valence-corrected chi connectivity index (χ0v) is 46.1. The van der Waals surface area contributed by atoms with Gasteiger partial charge in [0.1, 0.15) is 11.2 Å². The molecule has 0 radical (unpaired) electrons. The molecule has 0 spiro atoms. The van der Waals surface area contributed by atoms with Crippen LogP contribution in [-0.4, -0.2) is 0 Å². The summed E-state index contributed by atoms with van der Waals surface area (Å²) in [6.07, 6.45) is 0. The van der Waals surface area contributed by atoms with Gasteiger partial charge in [-0.1, -0.05) is 237 Å². The summed E-state index contributed by atoms with van der Waals surface area (Å²) in [6, 6.07) is 106. The van der Waals surface area contributed by atoms with Crippen LogP contribution in [0.2, 0.25) is 0 Å². The van der Waals surface area contributed by atoms with E-state index in [9.17, 15) is 0 Å². The molecule has 0 aliphatic heterocycles. The first-order valence-electron chi connectivity index (χ1n) is 28.6. The Balaban J connectivity index is 0.956. The average Bonchev–Trinajstić information content (AvgIpc) is 1.98. The molecule has 15 rings (SSSR count). The molecule has 0 N–H and O–H groups in total. The molecule has 0 saturated heterocycles. The molecular formula is C80H52F2N2O. The van der Waals surface area contributed by atoms with Crippen LogP contribution in [0.15, 0.2) is 320 Å². The fraction of sp³-hybridized carbons (Fsp3) is 0. The maximum absolute atomic E-state index is 18.2. The molecule has 85 heavy (non-hydrogen) atoms. The van der Waals surface area contributed by atoms with E-state index in [2.05, 4.69) is 144 Å². The first kappa shape index (κ1) is 50.8. The molecule has 0 bridgehead atoms. The Morgan fingerprint density at radius 2 is 0.659 bits per heavy atom. The number of anilines is 6. The summed E-state index contributed by atoms with van der Waals surface area (Å²) in [7, 11) is 0. The van der Waals surface area contributed by atoms with E-state index < -0.39 is 0 Å². The van der Waals surface area contributed by atoms with Gasteiger partial charge in [0, 0.05) is 50.3 Å². The predicted octanol–water partition coefficient (Wildman–Crippen LogP) is 23.1. The summed E-state index contributed by atoms with van der Waals surface area (Å²) in [5.74, 6) is -0.692. The molecule has 15 aromatic rings. The van der Waals surface area contributed by atoms with Crippen molar-refractivity contribution in [2.24, 2.45) is 0 Å². The fourth-order valence-corrected chi connectivity index (χ4v) is 12.3. The Hall–Kier alpha value is -11.1. The Labute approximate surface area is 491 Å². The van der Waals surface area contributed by atoms with Gasteiger partial charge in [0.25, 0.3) is 0 Å². The lowest BCUT2D eigenvalue weighted by molar-refractivity contribution is 0.632. The highest BCUT2D eigenvalue weighted by Gasteiger charge is 2.27. The highest BCUT2D eigenvalue weighted by atomic mass is 19.1. The molecule has 0 aliphatic rings. The average molecular weight is 1100 g/mol. The Morgan fingerprint density at radius 1 is 0.235 bits per heavy atom. The van der Waals surface area contributed by atoms with Crippen molar-refractivity contribution >= 4 is 77.6 Å². The van der Waals surface area contributed by atoms with Crippen LogP contribution < -0.4 is 9.80 Å². The third-order valence-corrected chi connectivity index (χ3v) is 16.3. The summed E-state index contributed by atoms with van der Waals surface area (Å²) in [5, 5.41) is 5.77. The van der Waals surface area contributed by atoms with E-state index in [0.717, 1.165) is 111 Å². The molecule has 3 nitrogen and oxygen atoms in total. The van der Waals surface area contributed by atoms with Crippen molar-refractivity contribution in [2.75, 3.05) is 9.80 Å². The van der Waals surface area contributed by atoms with E-state index in [0.29, 0.717) is 33.7 Å². The standard InChI is InChI=1S/C80H52F2N2O/c81-78-70(57-32-15-5-16-33-57)47-60(54-26-9-2-10-27-54)49-74(78)83(62-37-23-36-59(46-62)53-24-7-1-8-25-53)63-42-44-68-72(51-63)66-39-19-20-40-67(66)77-69-45-43-64(52-76(69)85-80(68)77)84(73-41-22-21-38-65(73)56-30-13-4-14-31-56)75-50-61(55-28-11-3-12-29-55)48-71(79(75)82)58-34-17-6-18-35-58/h1-52H. The molecule has 1 aromatic heterocycles. The maximum atomic E-state index is 18.2. The van der Waals surface area contributed by atoms with E-state index >= 15 is 8.78 Å². The SMILES string of the molecule is Fc1c(-c2ccccc2)cc(-c2ccccc2)cc1N(c1cccc(-c2ccccc2)c1)c1ccc2c(c1)c1ccccc1c1c3ccc(N(c4ccccc4-c4ccccc4)c4cc(-c5ccccc5)cc(-c5ccccc5)c4F)cc3oc21. The topological polar surface area (TPSA) is 19.6 Å². The number of hydrogen-bond acceptors (Lipinski definition) is 3. The summed E-state index contributed by atoms with van der Waals surface area (Å²) < 4.78 is 43.6. The summed E-state index contributed by atoms with van der Waals surface area (Å²) in [5.41, 5.74) is 15.5. The molecular weight excluding hydrogens is 1040 g/mol. The van der Waals surface area contributed by atoms with Crippen LogP contribution in [0.1, 0.15) is 0 Å². The van der Waals surface area contributed by atoms with Gasteiger partial charge in [-0.2, -0.15) is 0 Å². The van der Waals surface area contributed by atoms with Crippen molar-refractivity contribution in [2.45, 2.75) is 0 Å². The lowest BCUT2D eigenvalue weighted by Crippen LogP contribution is -2.13. The molecule has 0 unspecified atom stereocenters. The normalized spacial score (nSPS) is 11.4. The zero-order chi connectivity index (χ0) is 56.8. The van der Waals surface area contributed by atoms with E-state index in [4.69, 9.17) is 4.42 Å². The predicted molar refractivity (Wildman–Crippen MR) is 351 cm³/mol. The minimum atomic E-state index is -0.352. The van der Waals surface area contributed by atoms with Gasteiger partial charge in [0.2, 0.25) is 0 Å². The summed E-state index contributed by atoms with van der Waals surface area (Å²) in [6.45, 7) is 0. The fourth-order valence-electron chi connectivity index (χ4n) is 12.3. The second-order valence-electron chi connectivity index (χ2n) is 21.4. The lowest BCUT2D eigenvalue weighted by Gasteiger charge is -2.29. The number of fused-ring (bicyclic) bond motifs is 8. The van der Waals surface area contributed by atoms with Gasteiger partial charge >= 0.3 is 0 Å². The number of benzene rings is 14. The quantitative estimate of drug-likeness (QED) is 0.114. The number of halogens is 2. The van der Waals surface area contributed by atoms with Gasteiger partial charge < -0.3 is 14.2 Å². The van der Waals surface area contributed by atoms with Gasteiger partial charge in [-0.15, -0.1) is 0 Å². The Bertz CT molecular complexity index is 4950. The number of hydrogen-bond donors (Lipinski definition) is 0. The molecule has 5 heteroatoms. The molecule has 0 aliphatic carbocycles. The van der Waals surface area contributed by atoms with Crippen LogP contribution in [0, 0.1) is 11.6 Å². The zero-order valence-electron chi connectivity index (χ0n) is 46.1. The van der Waals surface area contributed by atoms with Crippen molar-refractivity contribution in [3.63, 3.8) is 0 Å². The third kappa shape index (κ3) is 9.25. The second kappa shape index (κ2) is 21.6. The van der Waals surface area contributed by atoms with Crippen LogP contribution >= 0.6 is 0 Å². The number of furan rings is 1. The van der Waals surface area contributed by atoms with Crippen molar-refractivity contribution < 1.29 is 13.2 Å². The minimum Gasteiger partial charge on any atom is -0.455 e. The molecule has 0 atom stereocenters. The monoisotopic (exact) mass is 1090 g/mol. The smallest absolute Gasteiger partial charge is 0.155 e. The van der Waals surface area contributed by atoms with Crippen LogP contribution in [0.25, 0.3) is 110 Å². The highest BCUT2D eigenvalue weighted by molar-refractivity contribution is 6.30. The molecule has 0 amide bonds. The maximum Gasteiger partial charge on any atom is 0.155 e. The highest BCUT2D eigenvalue weighted by Crippen LogP contribution is 2.50. The van der Waals surface area contributed by atoms with Gasteiger partial charge in [-0.3, -0.25) is 0 Å². The largest absolute Gasteiger partial charge is 0.455 e. The first-order chi connectivity index (χ1) is 42.0. The Kier molecular flexibility index (Phi) is 12.9. The van der Waals surface area contributed by atoms with E-state index in [-0.39, 0.29) is 11.6 Å². The van der Waals surface area contributed by atoms with Crippen molar-refractivity contribution in [1.82, 2.24) is 0 Å². The van der Waals surface area contributed by atoms with Gasteiger partial charge in [-0.05, 0) is 139 Å². The van der Waals surface area contributed by atoms with Crippen LogP contribution in [0.5, 0.6) is 0 Å². The number of rotatable bonds is 12. The van der Waals surface area contributed by atoms with Crippen LogP contribution in [0.4, 0.5) is 42.9 Å². The molecule has 402 valence electrons. The summed E-state index contributed by atoms with van der Waals surface area (Å²) >= 11 is 0. The first-order valence-corrected chi connectivity index (χ1v) is 28.6. The third-order valence-electron chi connectivity index (χ3n) is 16.3. The summed E-state index contributed by atoms with van der Waals surface area (Å²) in [4.78, 5) is 4.10. The second-order valence-corrected chi connectivity index (χ2v) is 21.4.